The molecule has 1 aromatic carbocycles. The Morgan fingerprint density at radius 3 is 2.59 bits per heavy atom. The number of benzene rings is 1. The summed E-state index contributed by atoms with van der Waals surface area (Å²) in [6, 6.07) is 6.28. The van der Waals surface area contributed by atoms with Gasteiger partial charge in [-0.05, 0) is 13.0 Å². The molecule has 5 heteroatoms. The Labute approximate surface area is 102 Å². The zero-order chi connectivity index (χ0) is 12.9. The lowest BCUT2D eigenvalue weighted by atomic mass is 10.2. The van der Waals surface area contributed by atoms with E-state index in [9.17, 15) is 12.8 Å². The summed E-state index contributed by atoms with van der Waals surface area (Å²) in [5, 5.41) is 3.01. The first-order valence-corrected chi connectivity index (χ1v) is 7.44. The minimum absolute atomic E-state index is 0.0813. The molecule has 17 heavy (non-hydrogen) atoms. The summed E-state index contributed by atoms with van der Waals surface area (Å²) in [6.45, 7) is 3.75. The third-order valence-electron chi connectivity index (χ3n) is 2.54. The summed E-state index contributed by atoms with van der Waals surface area (Å²) in [7, 11) is -2.99. The van der Waals surface area contributed by atoms with Gasteiger partial charge in [0.15, 0.2) is 9.84 Å². The van der Waals surface area contributed by atoms with E-state index in [1.807, 2.05) is 0 Å². The monoisotopic (exact) mass is 259 g/mol. The number of hydrogen-bond donors (Lipinski definition) is 1. The fourth-order valence-corrected chi connectivity index (χ4v) is 2.60. The topological polar surface area (TPSA) is 46.2 Å². The third kappa shape index (κ3) is 4.83. The maximum absolute atomic E-state index is 13.3. The van der Waals surface area contributed by atoms with Gasteiger partial charge in [0.2, 0.25) is 0 Å². The van der Waals surface area contributed by atoms with Gasteiger partial charge in [-0.25, -0.2) is 12.8 Å². The summed E-state index contributed by atoms with van der Waals surface area (Å²) in [5.74, 6) is -0.0537. The van der Waals surface area contributed by atoms with E-state index in [1.165, 1.54) is 6.07 Å². The third-order valence-corrected chi connectivity index (χ3v) is 4.43. The summed E-state index contributed by atoms with van der Waals surface area (Å²) in [5.41, 5.74) is 0.549. The predicted molar refractivity (Wildman–Crippen MR) is 67.0 cm³/mol. The molecule has 0 saturated heterocycles. The van der Waals surface area contributed by atoms with Gasteiger partial charge >= 0.3 is 0 Å². The largest absolute Gasteiger partial charge is 0.309 e. The van der Waals surface area contributed by atoms with Crippen LogP contribution >= 0.6 is 0 Å². The van der Waals surface area contributed by atoms with E-state index < -0.39 is 9.84 Å². The lowest BCUT2D eigenvalue weighted by molar-refractivity contribution is 0.541. The highest BCUT2D eigenvalue weighted by Gasteiger charge is 2.13. The number of nitrogens with one attached hydrogen (secondary N) is 1. The van der Waals surface area contributed by atoms with Crippen LogP contribution in [0.15, 0.2) is 24.3 Å². The van der Waals surface area contributed by atoms with Crippen LogP contribution in [0, 0.1) is 5.82 Å². The van der Waals surface area contributed by atoms with Crippen LogP contribution in [-0.4, -0.2) is 26.0 Å². The molecule has 0 bridgehead atoms. The van der Waals surface area contributed by atoms with Crippen LogP contribution in [0.3, 0.4) is 0 Å². The van der Waals surface area contributed by atoms with E-state index in [1.54, 1.807) is 32.0 Å². The highest BCUT2D eigenvalue weighted by Crippen LogP contribution is 2.06. The van der Waals surface area contributed by atoms with Gasteiger partial charge in [-0.2, -0.15) is 0 Å². The van der Waals surface area contributed by atoms with Gasteiger partial charge in [0.1, 0.15) is 5.82 Å². The number of halogens is 1. The van der Waals surface area contributed by atoms with Crippen LogP contribution in [0.5, 0.6) is 0 Å². The second-order valence-corrected chi connectivity index (χ2v) is 6.47. The molecular formula is C12H18FNO2S. The van der Waals surface area contributed by atoms with Gasteiger partial charge < -0.3 is 5.32 Å². The molecule has 1 atom stereocenters. The molecule has 0 amide bonds. The van der Waals surface area contributed by atoms with Crippen molar-refractivity contribution in [3.63, 3.8) is 0 Å². The van der Waals surface area contributed by atoms with Crippen LogP contribution < -0.4 is 5.32 Å². The summed E-state index contributed by atoms with van der Waals surface area (Å²) >= 11 is 0. The van der Waals surface area contributed by atoms with Crippen molar-refractivity contribution < 1.29 is 12.8 Å². The minimum atomic E-state index is -2.99. The number of rotatable bonds is 6. The molecule has 1 aromatic rings. The Bertz CT molecular complexity index is 459. The zero-order valence-electron chi connectivity index (χ0n) is 10.1. The number of hydrogen-bond acceptors (Lipinski definition) is 3. The fraction of sp³-hybridized carbons (Fsp3) is 0.500. The molecule has 0 aliphatic heterocycles. The van der Waals surface area contributed by atoms with Crippen LogP contribution in [0.4, 0.5) is 4.39 Å². The summed E-state index contributed by atoms with van der Waals surface area (Å²) in [6.07, 6.45) is 0. The van der Waals surface area contributed by atoms with Gasteiger partial charge in [-0.1, -0.05) is 25.1 Å². The quantitative estimate of drug-likeness (QED) is 0.846. The molecule has 0 fully saturated rings. The first kappa shape index (κ1) is 14.1. The molecule has 0 spiro atoms. The molecule has 96 valence electrons. The van der Waals surface area contributed by atoms with Gasteiger partial charge in [0.25, 0.3) is 0 Å². The van der Waals surface area contributed by atoms with Crippen LogP contribution in [-0.2, 0) is 16.4 Å². The molecular weight excluding hydrogens is 241 g/mol. The van der Waals surface area contributed by atoms with Gasteiger partial charge in [0.05, 0.1) is 5.75 Å². The van der Waals surface area contributed by atoms with E-state index in [0.29, 0.717) is 12.1 Å². The number of sulfone groups is 1. The van der Waals surface area contributed by atoms with E-state index in [4.69, 9.17) is 0 Å². The molecule has 0 aliphatic rings. The van der Waals surface area contributed by atoms with Crippen molar-refractivity contribution in [3.05, 3.63) is 35.6 Å². The molecule has 3 nitrogen and oxygen atoms in total. The van der Waals surface area contributed by atoms with Gasteiger partial charge in [0, 0.05) is 23.9 Å². The fourth-order valence-electron chi connectivity index (χ4n) is 1.48. The molecule has 0 aliphatic carbocycles. The van der Waals surface area contributed by atoms with E-state index in [0.717, 1.165) is 0 Å². The van der Waals surface area contributed by atoms with Crippen molar-refractivity contribution in [1.29, 1.82) is 0 Å². The molecule has 1 N–H and O–H groups in total. The average Bonchev–Trinajstić information content (AvgIpc) is 2.27. The van der Waals surface area contributed by atoms with Crippen LogP contribution in [0.1, 0.15) is 19.4 Å². The molecule has 0 aromatic heterocycles. The minimum Gasteiger partial charge on any atom is -0.309 e. The Balaban J connectivity index is 2.49. The Kier molecular flexibility index (Phi) is 5.08. The Morgan fingerprint density at radius 1 is 1.35 bits per heavy atom. The van der Waals surface area contributed by atoms with Crippen molar-refractivity contribution in [2.75, 3.05) is 11.5 Å². The lowest BCUT2D eigenvalue weighted by Gasteiger charge is -2.13. The van der Waals surface area contributed by atoms with Crippen molar-refractivity contribution in [2.45, 2.75) is 26.4 Å². The summed E-state index contributed by atoms with van der Waals surface area (Å²) in [4.78, 5) is 0. The highest BCUT2D eigenvalue weighted by molar-refractivity contribution is 7.91. The predicted octanol–water partition coefficient (Wildman–Crippen LogP) is 1.74. The normalized spacial score (nSPS) is 13.6. The van der Waals surface area contributed by atoms with Crippen molar-refractivity contribution >= 4 is 9.84 Å². The standard InChI is InChI=1S/C12H18FNO2S/c1-3-17(15,16)9-10(2)14-8-11-6-4-5-7-12(11)13/h4-7,10,14H,3,8-9H2,1-2H3. The lowest BCUT2D eigenvalue weighted by Crippen LogP contribution is -2.33. The van der Waals surface area contributed by atoms with Gasteiger partial charge in [-0.3, -0.25) is 0 Å². The maximum atomic E-state index is 13.3. The van der Waals surface area contributed by atoms with Crippen LogP contribution in [0.25, 0.3) is 0 Å². The van der Waals surface area contributed by atoms with E-state index >= 15 is 0 Å². The highest BCUT2D eigenvalue weighted by atomic mass is 32.2. The van der Waals surface area contributed by atoms with E-state index in [2.05, 4.69) is 5.32 Å². The van der Waals surface area contributed by atoms with Gasteiger partial charge in [-0.15, -0.1) is 0 Å². The molecule has 0 saturated carbocycles. The SMILES string of the molecule is CCS(=O)(=O)CC(C)NCc1ccccc1F. The molecule has 0 heterocycles. The molecule has 1 unspecified atom stereocenters. The second kappa shape index (κ2) is 6.12. The van der Waals surface area contributed by atoms with Crippen molar-refractivity contribution in [1.82, 2.24) is 5.32 Å². The van der Waals surface area contributed by atoms with E-state index in [-0.39, 0.29) is 23.4 Å². The van der Waals surface area contributed by atoms with Crippen molar-refractivity contribution in [3.8, 4) is 0 Å². The first-order chi connectivity index (χ1) is 7.94. The second-order valence-electron chi connectivity index (χ2n) is 4.07. The molecule has 1 rings (SSSR count). The Morgan fingerprint density at radius 2 is 2.00 bits per heavy atom. The average molecular weight is 259 g/mol. The van der Waals surface area contributed by atoms with Crippen LogP contribution in [0.2, 0.25) is 0 Å². The Hall–Kier alpha value is -0.940. The maximum Gasteiger partial charge on any atom is 0.151 e. The zero-order valence-corrected chi connectivity index (χ0v) is 10.9. The molecule has 0 radical (unpaired) electrons. The first-order valence-electron chi connectivity index (χ1n) is 5.62. The smallest absolute Gasteiger partial charge is 0.151 e. The summed E-state index contributed by atoms with van der Waals surface area (Å²) < 4.78 is 36.0. The van der Waals surface area contributed by atoms with Crippen molar-refractivity contribution in [2.24, 2.45) is 0 Å².